The fourth-order valence-electron chi connectivity index (χ4n) is 2.52. The molecule has 10 heteroatoms. The van der Waals surface area contributed by atoms with Crippen LogP contribution < -0.4 is 22.1 Å². The van der Waals surface area contributed by atoms with Crippen molar-refractivity contribution < 1.29 is 9.59 Å². The second kappa shape index (κ2) is 10.6. The molecule has 9 nitrogen and oxygen atoms in total. The average Bonchev–Trinajstić information content (AvgIpc) is 2.68. The molecule has 0 saturated heterocycles. The van der Waals surface area contributed by atoms with Gasteiger partial charge in [0.1, 0.15) is 0 Å². The lowest BCUT2D eigenvalue weighted by molar-refractivity contribution is 0.0936. The van der Waals surface area contributed by atoms with Gasteiger partial charge in [-0.25, -0.2) is 9.97 Å². The number of halogens is 1. The Hall–Kier alpha value is -2.91. The van der Waals surface area contributed by atoms with Crippen LogP contribution in [0.25, 0.3) is 0 Å². The number of likely N-dealkylation sites (N-methyl/N-ethyl adjacent to an activating group) is 1. The second-order valence-electron chi connectivity index (χ2n) is 6.67. The van der Waals surface area contributed by atoms with E-state index < -0.39 is 5.91 Å². The minimum atomic E-state index is -0.462. The fraction of sp³-hybridized carbons (Fsp3) is 0.368. The van der Waals surface area contributed by atoms with Gasteiger partial charge >= 0.3 is 0 Å². The first-order chi connectivity index (χ1) is 13.8. The van der Waals surface area contributed by atoms with Crippen LogP contribution in [0.5, 0.6) is 0 Å². The number of nitrogens with one attached hydrogen (secondary N) is 2. The Morgan fingerprint density at radius 2 is 1.66 bits per heavy atom. The number of nitrogens with zero attached hydrogens (tertiary/aromatic N) is 3. The van der Waals surface area contributed by atoms with Crippen molar-refractivity contribution in [2.45, 2.75) is 13.3 Å². The first-order valence-electron chi connectivity index (χ1n) is 9.18. The van der Waals surface area contributed by atoms with Crippen LogP contribution in [0.15, 0.2) is 24.3 Å². The summed E-state index contributed by atoms with van der Waals surface area (Å²) < 4.78 is 0. The van der Waals surface area contributed by atoms with E-state index in [0.29, 0.717) is 25.2 Å². The molecule has 6 N–H and O–H groups in total. The molecule has 0 unspecified atom stereocenters. The van der Waals surface area contributed by atoms with E-state index >= 15 is 0 Å². The van der Waals surface area contributed by atoms with Crippen molar-refractivity contribution in [2.75, 3.05) is 44.7 Å². The fourth-order valence-corrected chi connectivity index (χ4v) is 2.65. The highest BCUT2D eigenvalue weighted by molar-refractivity contribution is 6.31. The van der Waals surface area contributed by atoms with E-state index in [-0.39, 0.29) is 28.4 Å². The predicted molar refractivity (Wildman–Crippen MR) is 114 cm³/mol. The number of hydrogen-bond acceptors (Lipinski definition) is 7. The van der Waals surface area contributed by atoms with Crippen molar-refractivity contribution in [2.24, 2.45) is 0 Å². The molecule has 2 aromatic rings. The highest BCUT2D eigenvalue weighted by Crippen LogP contribution is 2.17. The molecule has 0 aliphatic rings. The topological polar surface area (TPSA) is 139 Å². The van der Waals surface area contributed by atoms with E-state index in [1.807, 2.05) is 43.1 Å². The van der Waals surface area contributed by atoms with Crippen molar-refractivity contribution >= 4 is 35.1 Å². The Kier molecular flexibility index (Phi) is 8.17. The lowest BCUT2D eigenvalue weighted by Gasteiger charge is -2.17. The minimum absolute atomic E-state index is 0.0186. The van der Waals surface area contributed by atoms with Crippen LogP contribution in [0.2, 0.25) is 5.15 Å². The van der Waals surface area contributed by atoms with Crippen molar-refractivity contribution in [3.05, 3.63) is 46.2 Å². The smallest absolute Gasteiger partial charge is 0.273 e. The summed E-state index contributed by atoms with van der Waals surface area (Å²) in [5.41, 5.74) is 12.9. The van der Waals surface area contributed by atoms with Crippen LogP contribution in [-0.4, -0.2) is 59.9 Å². The van der Waals surface area contributed by atoms with Crippen LogP contribution in [0, 0.1) is 6.92 Å². The zero-order valence-electron chi connectivity index (χ0n) is 16.5. The van der Waals surface area contributed by atoms with E-state index in [2.05, 4.69) is 20.6 Å². The standard InChI is InChI=1S/C19H26ClN7O2/c1-12-4-6-13(7-5-12)18(28)23-8-3-10-27(2)11-9-24-19(29)14-16(21)26-17(22)15(20)25-14/h4-7H,3,8-11H2,1-2H3,(H,23,28)(H,24,29)(H4,21,22,26). The maximum absolute atomic E-state index is 12.1. The van der Waals surface area contributed by atoms with Gasteiger partial charge in [-0.2, -0.15) is 0 Å². The van der Waals surface area contributed by atoms with Crippen molar-refractivity contribution in [3.8, 4) is 0 Å². The Bertz CT molecular complexity index is 858. The molecule has 0 saturated carbocycles. The molecule has 29 heavy (non-hydrogen) atoms. The first-order valence-corrected chi connectivity index (χ1v) is 9.56. The van der Waals surface area contributed by atoms with Crippen LogP contribution in [0.1, 0.15) is 32.8 Å². The van der Waals surface area contributed by atoms with Crippen LogP contribution in [-0.2, 0) is 0 Å². The zero-order chi connectivity index (χ0) is 21.4. The maximum atomic E-state index is 12.1. The first kappa shape index (κ1) is 22.4. The van der Waals surface area contributed by atoms with E-state index in [4.69, 9.17) is 23.1 Å². The second-order valence-corrected chi connectivity index (χ2v) is 7.03. The Morgan fingerprint density at radius 1 is 1.00 bits per heavy atom. The molecule has 2 amide bonds. The molecule has 1 aromatic carbocycles. The highest BCUT2D eigenvalue weighted by atomic mass is 35.5. The third-order valence-electron chi connectivity index (χ3n) is 4.21. The summed E-state index contributed by atoms with van der Waals surface area (Å²) in [7, 11) is 1.93. The number of aromatic nitrogens is 2. The molecule has 0 spiro atoms. The monoisotopic (exact) mass is 419 g/mol. The van der Waals surface area contributed by atoms with Gasteiger partial charge in [0.25, 0.3) is 11.8 Å². The molecular weight excluding hydrogens is 394 g/mol. The quantitative estimate of drug-likeness (QED) is 0.446. The Morgan fingerprint density at radius 3 is 2.34 bits per heavy atom. The molecule has 0 atom stereocenters. The number of nitrogen functional groups attached to an aromatic ring is 2. The predicted octanol–water partition coefficient (Wildman–Crippen LogP) is 1.08. The SMILES string of the molecule is Cc1ccc(C(=O)NCCCN(C)CCNC(=O)c2nc(Cl)c(N)nc2N)cc1. The Balaban J connectivity index is 1.65. The number of anilines is 2. The maximum Gasteiger partial charge on any atom is 0.273 e. The number of rotatable bonds is 9. The summed E-state index contributed by atoms with van der Waals surface area (Å²) >= 11 is 5.78. The number of nitrogens with two attached hydrogens (primary N) is 2. The third-order valence-corrected chi connectivity index (χ3v) is 4.49. The van der Waals surface area contributed by atoms with Gasteiger partial charge in [-0.1, -0.05) is 29.3 Å². The van der Waals surface area contributed by atoms with Crippen molar-refractivity contribution in [1.82, 2.24) is 25.5 Å². The molecule has 2 rings (SSSR count). The molecule has 0 bridgehead atoms. The molecule has 0 fully saturated rings. The van der Waals surface area contributed by atoms with Crippen molar-refractivity contribution in [1.29, 1.82) is 0 Å². The summed E-state index contributed by atoms with van der Waals surface area (Å²) in [5.74, 6) is -0.631. The molecular formula is C19H26ClN7O2. The minimum Gasteiger partial charge on any atom is -0.382 e. The Labute approximate surface area is 174 Å². The number of aryl methyl sites for hydroxylation is 1. The number of amides is 2. The molecule has 1 aromatic heterocycles. The largest absolute Gasteiger partial charge is 0.382 e. The van der Waals surface area contributed by atoms with Gasteiger partial charge in [0.05, 0.1) is 0 Å². The molecule has 156 valence electrons. The molecule has 1 heterocycles. The summed E-state index contributed by atoms with van der Waals surface area (Å²) in [5, 5.41) is 5.56. The van der Waals surface area contributed by atoms with Crippen LogP contribution in [0.4, 0.5) is 11.6 Å². The summed E-state index contributed by atoms with van der Waals surface area (Å²) in [6, 6.07) is 7.44. The van der Waals surface area contributed by atoms with Gasteiger partial charge in [-0.05, 0) is 39.1 Å². The van der Waals surface area contributed by atoms with Gasteiger partial charge in [0.2, 0.25) is 0 Å². The lowest BCUT2D eigenvalue weighted by atomic mass is 10.1. The van der Waals surface area contributed by atoms with Crippen LogP contribution in [0.3, 0.4) is 0 Å². The number of carbonyl (C=O) groups is 2. The highest BCUT2D eigenvalue weighted by Gasteiger charge is 2.15. The van der Waals surface area contributed by atoms with E-state index in [0.717, 1.165) is 18.5 Å². The number of benzene rings is 1. The van der Waals surface area contributed by atoms with Gasteiger partial charge in [0, 0.05) is 25.2 Å². The van der Waals surface area contributed by atoms with Gasteiger partial charge in [-0.3, -0.25) is 9.59 Å². The van der Waals surface area contributed by atoms with E-state index in [1.165, 1.54) is 0 Å². The zero-order valence-corrected chi connectivity index (χ0v) is 17.3. The average molecular weight is 420 g/mol. The third kappa shape index (κ3) is 6.88. The molecule has 0 aliphatic heterocycles. The van der Waals surface area contributed by atoms with Gasteiger partial charge in [0.15, 0.2) is 22.5 Å². The van der Waals surface area contributed by atoms with Gasteiger partial charge in [-0.15, -0.1) is 0 Å². The van der Waals surface area contributed by atoms with E-state index in [1.54, 1.807) is 0 Å². The van der Waals surface area contributed by atoms with Crippen LogP contribution >= 0.6 is 11.6 Å². The van der Waals surface area contributed by atoms with E-state index in [9.17, 15) is 9.59 Å². The lowest BCUT2D eigenvalue weighted by Crippen LogP contribution is -2.35. The summed E-state index contributed by atoms with van der Waals surface area (Å²) in [4.78, 5) is 33.9. The number of carbonyl (C=O) groups excluding carboxylic acids is 2. The van der Waals surface area contributed by atoms with Gasteiger partial charge < -0.3 is 27.0 Å². The molecule has 0 aliphatic carbocycles. The molecule has 0 radical (unpaired) electrons. The van der Waals surface area contributed by atoms with Crippen molar-refractivity contribution in [3.63, 3.8) is 0 Å². The summed E-state index contributed by atoms with van der Waals surface area (Å²) in [6.07, 6.45) is 0.786. The number of hydrogen-bond donors (Lipinski definition) is 4. The normalized spacial score (nSPS) is 10.8. The summed E-state index contributed by atoms with van der Waals surface area (Å²) in [6.45, 7) is 4.33.